The standard InChI is InChI=1S/C16H20N2O2/c1-3-12(4-2)11-17-16(19)15-10-14(18-20-15)13-8-6-5-7-9-13/h5-10,12H,3-4,11H2,1-2H3,(H,17,19). The van der Waals surface area contributed by atoms with Crippen LogP contribution in [0, 0.1) is 5.92 Å². The van der Waals surface area contributed by atoms with Crippen molar-refractivity contribution in [2.45, 2.75) is 26.7 Å². The van der Waals surface area contributed by atoms with E-state index in [9.17, 15) is 4.79 Å². The molecule has 0 saturated carbocycles. The van der Waals surface area contributed by atoms with Crippen molar-refractivity contribution >= 4 is 5.91 Å². The average Bonchev–Trinajstić information content (AvgIpc) is 2.99. The first-order chi connectivity index (χ1) is 9.74. The van der Waals surface area contributed by atoms with Crippen LogP contribution in [0.15, 0.2) is 40.9 Å². The minimum absolute atomic E-state index is 0.202. The van der Waals surface area contributed by atoms with E-state index >= 15 is 0 Å². The van der Waals surface area contributed by atoms with Gasteiger partial charge in [-0.3, -0.25) is 4.79 Å². The van der Waals surface area contributed by atoms with Crippen molar-refractivity contribution in [3.05, 3.63) is 42.2 Å². The molecule has 0 bridgehead atoms. The van der Waals surface area contributed by atoms with Crippen LogP contribution in [0.3, 0.4) is 0 Å². The van der Waals surface area contributed by atoms with Gasteiger partial charge >= 0.3 is 0 Å². The number of benzene rings is 1. The molecular formula is C16H20N2O2. The molecule has 106 valence electrons. The Bertz CT molecular complexity index is 545. The Labute approximate surface area is 119 Å². The molecule has 2 rings (SSSR count). The quantitative estimate of drug-likeness (QED) is 0.875. The van der Waals surface area contributed by atoms with Gasteiger partial charge in [-0.1, -0.05) is 62.2 Å². The van der Waals surface area contributed by atoms with Crippen LogP contribution in [-0.4, -0.2) is 17.6 Å². The molecule has 1 heterocycles. The van der Waals surface area contributed by atoms with E-state index in [1.807, 2.05) is 30.3 Å². The fraction of sp³-hybridized carbons (Fsp3) is 0.375. The van der Waals surface area contributed by atoms with Gasteiger partial charge in [-0.05, 0) is 5.92 Å². The first kappa shape index (κ1) is 14.3. The van der Waals surface area contributed by atoms with Crippen LogP contribution in [0.4, 0.5) is 0 Å². The van der Waals surface area contributed by atoms with Gasteiger partial charge in [0.1, 0.15) is 5.69 Å². The number of nitrogens with zero attached hydrogens (tertiary/aromatic N) is 1. The predicted molar refractivity (Wildman–Crippen MR) is 78.3 cm³/mol. The highest BCUT2D eigenvalue weighted by Crippen LogP contribution is 2.18. The highest BCUT2D eigenvalue weighted by atomic mass is 16.5. The van der Waals surface area contributed by atoms with E-state index in [0.29, 0.717) is 18.2 Å². The van der Waals surface area contributed by atoms with Crippen molar-refractivity contribution in [1.82, 2.24) is 10.5 Å². The van der Waals surface area contributed by atoms with Crippen molar-refractivity contribution in [1.29, 1.82) is 0 Å². The van der Waals surface area contributed by atoms with E-state index < -0.39 is 0 Å². The average molecular weight is 272 g/mol. The molecule has 0 atom stereocenters. The Morgan fingerprint density at radius 3 is 2.60 bits per heavy atom. The zero-order valence-corrected chi connectivity index (χ0v) is 11.9. The molecule has 1 amide bonds. The van der Waals surface area contributed by atoms with E-state index in [4.69, 9.17) is 4.52 Å². The maximum absolute atomic E-state index is 12.0. The van der Waals surface area contributed by atoms with E-state index in [1.165, 1.54) is 0 Å². The second-order valence-electron chi connectivity index (χ2n) is 4.83. The predicted octanol–water partition coefficient (Wildman–Crippen LogP) is 3.51. The third kappa shape index (κ3) is 3.47. The van der Waals surface area contributed by atoms with Gasteiger partial charge in [0, 0.05) is 18.2 Å². The molecule has 0 fully saturated rings. The molecule has 1 aromatic heterocycles. The minimum atomic E-state index is -0.202. The second kappa shape index (κ2) is 6.89. The van der Waals surface area contributed by atoms with Gasteiger partial charge in [-0.2, -0.15) is 0 Å². The van der Waals surface area contributed by atoms with Crippen LogP contribution in [0.5, 0.6) is 0 Å². The molecule has 0 aliphatic rings. The van der Waals surface area contributed by atoms with Gasteiger partial charge in [0.05, 0.1) is 0 Å². The molecule has 4 nitrogen and oxygen atoms in total. The number of amides is 1. The fourth-order valence-corrected chi connectivity index (χ4v) is 2.03. The summed E-state index contributed by atoms with van der Waals surface area (Å²) in [5, 5.41) is 6.83. The third-order valence-electron chi connectivity index (χ3n) is 3.51. The number of nitrogens with one attached hydrogen (secondary N) is 1. The van der Waals surface area contributed by atoms with Crippen molar-refractivity contribution in [2.24, 2.45) is 5.92 Å². The molecule has 0 saturated heterocycles. The summed E-state index contributed by atoms with van der Waals surface area (Å²) >= 11 is 0. The normalized spacial score (nSPS) is 10.8. The largest absolute Gasteiger partial charge is 0.350 e. The van der Waals surface area contributed by atoms with E-state index in [-0.39, 0.29) is 11.7 Å². The highest BCUT2D eigenvalue weighted by molar-refractivity contribution is 5.92. The van der Waals surface area contributed by atoms with E-state index in [1.54, 1.807) is 6.07 Å². The number of hydrogen-bond donors (Lipinski definition) is 1. The van der Waals surface area contributed by atoms with Crippen molar-refractivity contribution < 1.29 is 9.32 Å². The molecule has 1 N–H and O–H groups in total. The summed E-state index contributed by atoms with van der Waals surface area (Å²) < 4.78 is 5.12. The van der Waals surface area contributed by atoms with Crippen molar-refractivity contribution in [3.8, 4) is 11.3 Å². The minimum Gasteiger partial charge on any atom is -0.350 e. The van der Waals surface area contributed by atoms with Crippen LogP contribution in [0.25, 0.3) is 11.3 Å². The number of carbonyl (C=O) groups is 1. The van der Waals surface area contributed by atoms with Gasteiger partial charge in [0.2, 0.25) is 5.76 Å². The lowest BCUT2D eigenvalue weighted by Crippen LogP contribution is -2.28. The third-order valence-corrected chi connectivity index (χ3v) is 3.51. The van der Waals surface area contributed by atoms with Crippen LogP contribution < -0.4 is 5.32 Å². The molecule has 4 heteroatoms. The summed E-state index contributed by atoms with van der Waals surface area (Å²) in [4.78, 5) is 12.0. The number of rotatable bonds is 6. The Balaban J connectivity index is 2.00. The van der Waals surface area contributed by atoms with Crippen LogP contribution in [0.2, 0.25) is 0 Å². The van der Waals surface area contributed by atoms with Crippen LogP contribution in [-0.2, 0) is 0 Å². The van der Waals surface area contributed by atoms with Gasteiger partial charge in [-0.15, -0.1) is 0 Å². The molecule has 2 aromatic rings. The van der Waals surface area contributed by atoms with Crippen LogP contribution >= 0.6 is 0 Å². The summed E-state index contributed by atoms with van der Waals surface area (Å²) in [6, 6.07) is 11.3. The van der Waals surface area contributed by atoms with Gasteiger partial charge in [-0.25, -0.2) is 0 Å². The highest BCUT2D eigenvalue weighted by Gasteiger charge is 2.14. The molecule has 0 unspecified atom stereocenters. The number of aromatic nitrogens is 1. The van der Waals surface area contributed by atoms with Crippen molar-refractivity contribution in [2.75, 3.05) is 6.54 Å². The van der Waals surface area contributed by atoms with E-state index in [2.05, 4.69) is 24.3 Å². The number of hydrogen-bond acceptors (Lipinski definition) is 3. The molecule has 0 radical (unpaired) electrons. The summed E-state index contributed by atoms with van der Waals surface area (Å²) in [5.41, 5.74) is 1.62. The van der Waals surface area contributed by atoms with Gasteiger partial charge in [0.15, 0.2) is 0 Å². The lowest BCUT2D eigenvalue weighted by atomic mass is 10.0. The molecule has 1 aromatic carbocycles. The summed E-state index contributed by atoms with van der Waals surface area (Å²) in [6.45, 7) is 4.93. The van der Waals surface area contributed by atoms with Gasteiger partial charge in [0.25, 0.3) is 5.91 Å². The lowest BCUT2D eigenvalue weighted by molar-refractivity contribution is 0.0909. The smallest absolute Gasteiger partial charge is 0.289 e. The topological polar surface area (TPSA) is 55.1 Å². The maximum atomic E-state index is 12.0. The Hall–Kier alpha value is -2.10. The summed E-state index contributed by atoms with van der Waals surface area (Å²) in [7, 11) is 0. The van der Waals surface area contributed by atoms with E-state index in [0.717, 1.165) is 18.4 Å². The summed E-state index contributed by atoms with van der Waals surface area (Å²) in [6.07, 6.45) is 2.12. The Kier molecular flexibility index (Phi) is 4.93. The first-order valence-electron chi connectivity index (χ1n) is 7.04. The number of carbonyl (C=O) groups excluding carboxylic acids is 1. The second-order valence-corrected chi connectivity index (χ2v) is 4.83. The molecule has 20 heavy (non-hydrogen) atoms. The first-order valence-corrected chi connectivity index (χ1v) is 7.04. The SMILES string of the molecule is CCC(CC)CNC(=O)c1cc(-c2ccccc2)no1. The molecular weight excluding hydrogens is 252 g/mol. The Morgan fingerprint density at radius 1 is 1.25 bits per heavy atom. The zero-order chi connectivity index (χ0) is 14.4. The zero-order valence-electron chi connectivity index (χ0n) is 11.9. The Morgan fingerprint density at radius 2 is 1.95 bits per heavy atom. The fourth-order valence-electron chi connectivity index (χ4n) is 2.03. The summed E-state index contributed by atoms with van der Waals surface area (Å²) in [5.74, 6) is 0.567. The maximum Gasteiger partial charge on any atom is 0.289 e. The molecule has 0 aliphatic heterocycles. The molecule has 0 spiro atoms. The lowest BCUT2D eigenvalue weighted by Gasteiger charge is -2.11. The van der Waals surface area contributed by atoms with Crippen molar-refractivity contribution in [3.63, 3.8) is 0 Å². The monoisotopic (exact) mass is 272 g/mol. The van der Waals surface area contributed by atoms with Gasteiger partial charge < -0.3 is 9.84 Å². The molecule has 0 aliphatic carbocycles. The van der Waals surface area contributed by atoms with Crippen LogP contribution in [0.1, 0.15) is 37.2 Å².